The SMILES string of the molecule is Cc1cccc(C(C)C)c1N1CC(CC#N)OC1=O. The van der Waals surface area contributed by atoms with Crippen LogP contribution < -0.4 is 4.90 Å². The summed E-state index contributed by atoms with van der Waals surface area (Å²) in [5.41, 5.74) is 3.12. The molecule has 4 heteroatoms. The summed E-state index contributed by atoms with van der Waals surface area (Å²) in [6.07, 6.45) is -0.431. The van der Waals surface area contributed by atoms with Crippen LogP contribution in [0.1, 0.15) is 37.3 Å². The van der Waals surface area contributed by atoms with Gasteiger partial charge in [-0.25, -0.2) is 4.79 Å². The first-order valence-corrected chi connectivity index (χ1v) is 6.49. The largest absolute Gasteiger partial charge is 0.443 e. The quantitative estimate of drug-likeness (QED) is 0.835. The van der Waals surface area contributed by atoms with E-state index in [1.165, 1.54) is 0 Å². The fourth-order valence-corrected chi connectivity index (χ4v) is 2.43. The lowest BCUT2D eigenvalue weighted by molar-refractivity contribution is 0.143. The molecule has 1 aliphatic rings. The molecule has 100 valence electrons. The van der Waals surface area contributed by atoms with Crippen molar-refractivity contribution >= 4 is 11.8 Å². The lowest BCUT2D eigenvalue weighted by atomic mass is 9.97. The molecule has 1 unspecified atom stereocenters. The number of hydrogen-bond acceptors (Lipinski definition) is 3. The second kappa shape index (κ2) is 5.31. The van der Waals surface area contributed by atoms with E-state index in [9.17, 15) is 4.79 Å². The maximum Gasteiger partial charge on any atom is 0.414 e. The Morgan fingerprint density at radius 1 is 1.53 bits per heavy atom. The third-order valence-electron chi connectivity index (χ3n) is 3.35. The minimum atomic E-state index is -0.351. The van der Waals surface area contributed by atoms with Crippen LogP contribution in [0.4, 0.5) is 10.5 Å². The van der Waals surface area contributed by atoms with Crippen molar-refractivity contribution in [2.24, 2.45) is 0 Å². The van der Waals surface area contributed by atoms with Crippen LogP contribution in [-0.4, -0.2) is 18.7 Å². The molecule has 1 amide bonds. The zero-order valence-corrected chi connectivity index (χ0v) is 11.5. The third kappa shape index (κ3) is 2.55. The number of nitrogens with zero attached hydrogens (tertiary/aromatic N) is 2. The summed E-state index contributed by atoms with van der Waals surface area (Å²) in [6, 6.07) is 8.08. The Morgan fingerprint density at radius 2 is 2.26 bits per heavy atom. The van der Waals surface area contributed by atoms with Crippen molar-refractivity contribution in [3.05, 3.63) is 29.3 Å². The van der Waals surface area contributed by atoms with Crippen molar-refractivity contribution in [3.8, 4) is 6.07 Å². The smallest absolute Gasteiger partial charge is 0.414 e. The Bertz CT molecular complexity index is 531. The molecule has 2 rings (SSSR count). The standard InChI is InChI=1S/C15H18N2O2/c1-10(2)13-6-4-5-11(3)14(13)17-9-12(7-8-16)19-15(17)18/h4-6,10,12H,7,9H2,1-3H3. The maximum absolute atomic E-state index is 12.0. The van der Waals surface area contributed by atoms with Crippen LogP contribution >= 0.6 is 0 Å². The number of para-hydroxylation sites is 1. The molecule has 0 saturated carbocycles. The summed E-state index contributed by atoms with van der Waals surface area (Å²) in [5, 5.41) is 8.71. The number of benzene rings is 1. The van der Waals surface area contributed by atoms with Crippen molar-refractivity contribution in [1.82, 2.24) is 0 Å². The molecule has 1 aromatic carbocycles. The zero-order valence-electron chi connectivity index (χ0n) is 11.5. The van der Waals surface area contributed by atoms with E-state index >= 15 is 0 Å². The Labute approximate surface area is 113 Å². The molecule has 0 spiro atoms. The molecule has 19 heavy (non-hydrogen) atoms. The van der Waals surface area contributed by atoms with E-state index in [4.69, 9.17) is 10.00 Å². The molecule has 1 heterocycles. The average molecular weight is 258 g/mol. The number of nitriles is 1. The second-order valence-electron chi connectivity index (χ2n) is 5.15. The third-order valence-corrected chi connectivity index (χ3v) is 3.35. The van der Waals surface area contributed by atoms with Crippen molar-refractivity contribution in [3.63, 3.8) is 0 Å². The van der Waals surface area contributed by atoms with Crippen LogP contribution in [0.25, 0.3) is 0 Å². The lowest BCUT2D eigenvalue weighted by Crippen LogP contribution is -2.26. The molecule has 0 radical (unpaired) electrons. The molecular weight excluding hydrogens is 240 g/mol. The topological polar surface area (TPSA) is 53.3 Å². The van der Waals surface area contributed by atoms with Gasteiger partial charge in [0.1, 0.15) is 6.10 Å². The molecule has 0 N–H and O–H groups in total. The van der Waals surface area contributed by atoms with Gasteiger partial charge in [-0.1, -0.05) is 32.0 Å². The van der Waals surface area contributed by atoms with Crippen molar-refractivity contribution in [2.75, 3.05) is 11.4 Å². The summed E-state index contributed by atoms with van der Waals surface area (Å²) >= 11 is 0. The van der Waals surface area contributed by atoms with Crippen molar-refractivity contribution in [2.45, 2.75) is 39.2 Å². The number of rotatable bonds is 3. The number of amides is 1. The molecule has 1 atom stereocenters. The molecule has 1 aromatic rings. The zero-order chi connectivity index (χ0) is 14.0. The molecule has 0 aliphatic carbocycles. The molecule has 1 saturated heterocycles. The number of hydrogen-bond donors (Lipinski definition) is 0. The monoisotopic (exact) mass is 258 g/mol. The van der Waals surface area contributed by atoms with Gasteiger partial charge in [0.15, 0.2) is 0 Å². The van der Waals surface area contributed by atoms with E-state index in [1.807, 2.05) is 25.1 Å². The predicted molar refractivity (Wildman–Crippen MR) is 73.1 cm³/mol. The van der Waals surface area contributed by atoms with E-state index in [2.05, 4.69) is 19.9 Å². The number of ether oxygens (including phenoxy) is 1. The Morgan fingerprint density at radius 3 is 2.89 bits per heavy atom. The van der Waals surface area contributed by atoms with Gasteiger partial charge in [0.2, 0.25) is 0 Å². The van der Waals surface area contributed by atoms with Crippen LogP contribution in [0, 0.1) is 18.3 Å². The van der Waals surface area contributed by atoms with E-state index in [0.29, 0.717) is 12.5 Å². The maximum atomic E-state index is 12.0. The van der Waals surface area contributed by atoms with Gasteiger partial charge < -0.3 is 4.74 Å². The number of carbonyl (C=O) groups excluding carboxylic acids is 1. The number of aryl methyl sites for hydroxylation is 1. The lowest BCUT2D eigenvalue weighted by Gasteiger charge is -2.22. The van der Waals surface area contributed by atoms with Gasteiger partial charge in [0.05, 0.1) is 24.7 Å². The Kier molecular flexibility index (Phi) is 3.75. The van der Waals surface area contributed by atoms with Crippen molar-refractivity contribution < 1.29 is 9.53 Å². The first-order valence-electron chi connectivity index (χ1n) is 6.49. The summed E-state index contributed by atoms with van der Waals surface area (Å²) in [7, 11) is 0. The van der Waals surface area contributed by atoms with Crippen LogP contribution in [0.15, 0.2) is 18.2 Å². The van der Waals surface area contributed by atoms with Gasteiger partial charge in [-0.2, -0.15) is 5.26 Å². The van der Waals surface area contributed by atoms with E-state index in [1.54, 1.807) is 4.90 Å². The molecule has 1 fully saturated rings. The van der Waals surface area contributed by atoms with Gasteiger partial charge in [-0.15, -0.1) is 0 Å². The molecule has 0 bridgehead atoms. The summed E-state index contributed by atoms with van der Waals surface area (Å²) < 4.78 is 5.22. The molecule has 1 aliphatic heterocycles. The van der Waals surface area contributed by atoms with Crippen LogP contribution in [0.3, 0.4) is 0 Å². The van der Waals surface area contributed by atoms with Crippen LogP contribution in [0.2, 0.25) is 0 Å². The highest BCUT2D eigenvalue weighted by Crippen LogP contribution is 2.33. The van der Waals surface area contributed by atoms with Gasteiger partial charge >= 0.3 is 6.09 Å². The molecular formula is C15H18N2O2. The number of anilines is 1. The minimum Gasteiger partial charge on any atom is -0.443 e. The van der Waals surface area contributed by atoms with E-state index in [-0.39, 0.29) is 18.6 Å². The van der Waals surface area contributed by atoms with Gasteiger partial charge in [0.25, 0.3) is 0 Å². The highest BCUT2D eigenvalue weighted by atomic mass is 16.6. The highest BCUT2D eigenvalue weighted by Gasteiger charge is 2.34. The van der Waals surface area contributed by atoms with Crippen molar-refractivity contribution in [1.29, 1.82) is 5.26 Å². The minimum absolute atomic E-state index is 0.241. The van der Waals surface area contributed by atoms with Gasteiger partial charge in [-0.3, -0.25) is 4.90 Å². The van der Waals surface area contributed by atoms with E-state index < -0.39 is 0 Å². The first-order chi connectivity index (χ1) is 9.04. The average Bonchev–Trinajstić information content (AvgIpc) is 2.70. The van der Waals surface area contributed by atoms with Crippen LogP contribution in [0.5, 0.6) is 0 Å². The first kappa shape index (κ1) is 13.4. The van der Waals surface area contributed by atoms with Gasteiger partial charge in [0, 0.05) is 0 Å². The Hall–Kier alpha value is -2.02. The fourth-order valence-electron chi connectivity index (χ4n) is 2.43. The normalized spacial score (nSPS) is 18.6. The van der Waals surface area contributed by atoms with Crippen LogP contribution in [-0.2, 0) is 4.74 Å². The second-order valence-corrected chi connectivity index (χ2v) is 5.15. The van der Waals surface area contributed by atoms with E-state index in [0.717, 1.165) is 16.8 Å². The summed E-state index contributed by atoms with van der Waals surface area (Å²) in [5.74, 6) is 0.331. The molecule has 0 aromatic heterocycles. The fraction of sp³-hybridized carbons (Fsp3) is 0.467. The highest BCUT2D eigenvalue weighted by molar-refractivity contribution is 5.92. The summed E-state index contributed by atoms with van der Waals surface area (Å²) in [6.45, 7) is 6.65. The predicted octanol–water partition coefficient (Wildman–Crippen LogP) is 3.36. The molecule has 4 nitrogen and oxygen atoms in total. The summed E-state index contributed by atoms with van der Waals surface area (Å²) in [4.78, 5) is 13.6. The van der Waals surface area contributed by atoms with Gasteiger partial charge in [-0.05, 0) is 24.0 Å². The number of carbonyl (C=O) groups is 1. The Balaban J connectivity index is 2.37. The number of cyclic esters (lactones) is 1.